The van der Waals surface area contributed by atoms with E-state index < -0.39 is 23.8 Å². The van der Waals surface area contributed by atoms with Crippen molar-refractivity contribution in [2.24, 2.45) is 7.05 Å². The van der Waals surface area contributed by atoms with Gasteiger partial charge in [0.25, 0.3) is 5.56 Å². The van der Waals surface area contributed by atoms with E-state index in [4.69, 9.17) is 5.11 Å². The number of fused-ring (bicyclic) bond motifs is 1. The van der Waals surface area contributed by atoms with Crippen LogP contribution in [0.1, 0.15) is 0 Å². The van der Waals surface area contributed by atoms with Gasteiger partial charge in [-0.1, -0.05) is 12.1 Å². The van der Waals surface area contributed by atoms with Gasteiger partial charge in [0.15, 0.2) is 0 Å². The van der Waals surface area contributed by atoms with E-state index in [1.165, 1.54) is 11.6 Å². The predicted octanol–water partition coefficient (Wildman–Crippen LogP) is -0.215. The highest BCUT2D eigenvalue weighted by Crippen LogP contribution is 2.05. The molecule has 6 heteroatoms. The summed E-state index contributed by atoms with van der Waals surface area (Å²) < 4.78 is 1.98. The van der Waals surface area contributed by atoms with E-state index in [0.717, 1.165) is 0 Å². The fraction of sp³-hybridized carbons (Fsp3) is 0.182. The molecule has 1 aromatic carbocycles. The maximum absolute atomic E-state index is 11.9. The SMILES string of the molecule is Cn1c(=O)n(CC(=O)O)c(=O)c2ccccc21. The van der Waals surface area contributed by atoms with E-state index in [-0.39, 0.29) is 0 Å². The highest BCUT2D eigenvalue weighted by molar-refractivity contribution is 5.78. The molecule has 0 radical (unpaired) electrons. The van der Waals surface area contributed by atoms with Crippen molar-refractivity contribution in [3.8, 4) is 0 Å². The number of carboxylic acids is 1. The number of aliphatic carboxylic acids is 1. The van der Waals surface area contributed by atoms with Crippen LogP contribution < -0.4 is 11.2 Å². The number of benzene rings is 1. The first kappa shape index (κ1) is 11.1. The highest BCUT2D eigenvalue weighted by atomic mass is 16.4. The normalized spacial score (nSPS) is 10.6. The van der Waals surface area contributed by atoms with Crippen molar-refractivity contribution < 1.29 is 9.90 Å². The van der Waals surface area contributed by atoms with Crippen LogP contribution in [0.5, 0.6) is 0 Å². The molecule has 1 aromatic heterocycles. The van der Waals surface area contributed by atoms with Crippen molar-refractivity contribution in [1.29, 1.82) is 0 Å². The fourth-order valence-electron chi connectivity index (χ4n) is 1.74. The van der Waals surface area contributed by atoms with Crippen molar-refractivity contribution in [3.63, 3.8) is 0 Å². The molecule has 1 N–H and O–H groups in total. The number of para-hydroxylation sites is 1. The summed E-state index contributed by atoms with van der Waals surface area (Å²) in [6.45, 7) is -0.629. The minimum atomic E-state index is -1.22. The number of carboxylic acid groups (broad SMARTS) is 1. The summed E-state index contributed by atoms with van der Waals surface area (Å²) in [5, 5.41) is 9.00. The van der Waals surface area contributed by atoms with Crippen LogP contribution in [0.2, 0.25) is 0 Å². The number of hydrogen-bond acceptors (Lipinski definition) is 3. The molecule has 1 heterocycles. The minimum Gasteiger partial charge on any atom is -0.480 e. The molecule has 0 amide bonds. The second-order valence-corrected chi connectivity index (χ2v) is 3.64. The molecule has 0 atom stereocenters. The third-order valence-corrected chi connectivity index (χ3v) is 2.55. The molecule has 0 aliphatic heterocycles. The zero-order chi connectivity index (χ0) is 12.6. The summed E-state index contributed by atoms with van der Waals surface area (Å²) in [5.74, 6) is -1.22. The topological polar surface area (TPSA) is 81.3 Å². The zero-order valence-electron chi connectivity index (χ0n) is 9.08. The monoisotopic (exact) mass is 234 g/mol. The molecule has 0 unspecified atom stereocenters. The van der Waals surface area contributed by atoms with Crippen LogP contribution in [-0.4, -0.2) is 20.2 Å². The number of rotatable bonds is 2. The van der Waals surface area contributed by atoms with Crippen molar-refractivity contribution in [3.05, 3.63) is 45.1 Å². The lowest BCUT2D eigenvalue weighted by Crippen LogP contribution is -2.40. The predicted molar refractivity (Wildman–Crippen MR) is 61.1 cm³/mol. The first-order valence-electron chi connectivity index (χ1n) is 4.92. The minimum absolute atomic E-state index is 0.329. The van der Waals surface area contributed by atoms with Gasteiger partial charge in [-0.05, 0) is 12.1 Å². The molecule has 88 valence electrons. The molecule has 0 spiro atoms. The van der Waals surface area contributed by atoms with Crippen LogP contribution in [0.4, 0.5) is 0 Å². The van der Waals surface area contributed by atoms with Crippen LogP contribution in [0, 0.1) is 0 Å². The van der Waals surface area contributed by atoms with E-state index in [0.29, 0.717) is 15.5 Å². The van der Waals surface area contributed by atoms with Gasteiger partial charge in [-0.25, -0.2) is 9.36 Å². The molecular weight excluding hydrogens is 224 g/mol. The van der Waals surface area contributed by atoms with Gasteiger partial charge in [-0.2, -0.15) is 0 Å². The summed E-state index contributed by atoms with van der Waals surface area (Å²) >= 11 is 0. The summed E-state index contributed by atoms with van der Waals surface area (Å²) in [7, 11) is 1.50. The Morgan fingerprint density at radius 2 is 1.94 bits per heavy atom. The molecule has 0 saturated carbocycles. The smallest absolute Gasteiger partial charge is 0.331 e. The molecule has 0 bridgehead atoms. The summed E-state index contributed by atoms with van der Waals surface area (Å²) in [5.41, 5.74) is -0.716. The Morgan fingerprint density at radius 3 is 2.59 bits per heavy atom. The Morgan fingerprint density at radius 1 is 1.29 bits per heavy atom. The van der Waals surface area contributed by atoms with Gasteiger partial charge in [0.05, 0.1) is 10.9 Å². The maximum Gasteiger partial charge on any atom is 0.331 e. The van der Waals surface area contributed by atoms with Crippen LogP contribution in [0.3, 0.4) is 0 Å². The van der Waals surface area contributed by atoms with Crippen molar-refractivity contribution in [2.75, 3.05) is 0 Å². The van der Waals surface area contributed by atoms with Crippen molar-refractivity contribution in [2.45, 2.75) is 6.54 Å². The fourth-order valence-corrected chi connectivity index (χ4v) is 1.74. The average Bonchev–Trinajstić information content (AvgIpc) is 2.31. The average molecular weight is 234 g/mol. The third-order valence-electron chi connectivity index (χ3n) is 2.55. The van der Waals surface area contributed by atoms with Crippen LogP contribution in [0.25, 0.3) is 10.9 Å². The highest BCUT2D eigenvalue weighted by Gasteiger charge is 2.12. The zero-order valence-corrected chi connectivity index (χ0v) is 9.08. The quantitative estimate of drug-likeness (QED) is 0.779. The lowest BCUT2D eigenvalue weighted by molar-refractivity contribution is -0.137. The van der Waals surface area contributed by atoms with Crippen LogP contribution >= 0.6 is 0 Å². The molecular formula is C11H10N2O4. The van der Waals surface area contributed by atoms with E-state index in [9.17, 15) is 14.4 Å². The van der Waals surface area contributed by atoms with E-state index in [1.807, 2.05) is 0 Å². The third kappa shape index (κ3) is 1.73. The molecule has 0 fully saturated rings. The van der Waals surface area contributed by atoms with Gasteiger partial charge in [-0.3, -0.25) is 14.2 Å². The Hall–Kier alpha value is -2.37. The van der Waals surface area contributed by atoms with Gasteiger partial charge in [0, 0.05) is 7.05 Å². The molecule has 6 nitrogen and oxygen atoms in total. The molecule has 2 aromatic rings. The lowest BCUT2D eigenvalue weighted by Gasteiger charge is -2.08. The summed E-state index contributed by atoms with van der Waals surface area (Å²) in [6.07, 6.45) is 0. The molecule has 0 aliphatic carbocycles. The standard InChI is InChI=1S/C11H10N2O4/c1-12-8-5-3-2-4-7(8)10(16)13(11(12)17)6-9(14)15/h2-5H,6H2,1H3,(H,14,15). The maximum atomic E-state index is 11.9. The Kier molecular flexibility index (Phi) is 2.55. The van der Waals surface area contributed by atoms with Gasteiger partial charge >= 0.3 is 11.7 Å². The van der Waals surface area contributed by atoms with Crippen molar-refractivity contribution in [1.82, 2.24) is 9.13 Å². The summed E-state index contributed by atoms with van der Waals surface area (Å²) in [4.78, 5) is 34.3. The Labute approximate surface area is 95.3 Å². The number of hydrogen-bond donors (Lipinski definition) is 1. The number of carbonyl (C=O) groups is 1. The Balaban J connectivity index is 2.92. The lowest BCUT2D eigenvalue weighted by atomic mass is 10.2. The number of nitrogens with zero attached hydrogens (tertiary/aromatic N) is 2. The van der Waals surface area contributed by atoms with Gasteiger partial charge in [0.1, 0.15) is 6.54 Å². The van der Waals surface area contributed by atoms with Gasteiger partial charge < -0.3 is 5.11 Å². The van der Waals surface area contributed by atoms with E-state index >= 15 is 0 Å². The van der Waals surface area contributed by atoms with Crippen LogP contribution in [0.15, 0.2) is 33.9 Å². The van der Waals surface area contributed by atoms with Gasteiger partial charge in [0.2, 0.25) is 0 Å². The van der Waals surface area contributed by atoms with Crippen LogP contribution in [-0.2, 0) is 18.4 Å². The molecule has 0 saturated heterocycles. The Bertz CT molecular complexity index is 711. The first-order chi connectivity index (χ1) is 8.02. The van der Waals surface area contributed by atoms with E-state index in [1.54, 1.807) is 24.3 Å². The molecule has 0 aliphatic rings. The second-order valence-electron chi connectivity index (χ2n) is 3.64. The van der Waals surface area contributed by atoms with Crippen molar-refractivity contribution >= 4 is 16.9 Å². The molecule has 2 rings (SSSR count). The van der Waals surface area contributed by atoms with E-state index in [2.05, 4.69) is 0 Å². The largest absolute Gasteiger partial charge is 0.480 e. The number of aromatic nitrogens is 2. The second kappa shape index (κ2) is 3.89. The first-order valence-corrected chi connectivity index (χ1v) is 4.92. The number of aryl methyl sites for hydroxylation is 1. The molecule has 17 heavy (non-hydrogen) atoms. The summed E-state index contributed by atoms with van der Waals surface area (Å²) in [6, 6.07) is 6.58. The van der Waals surface area contributed by atoms with Gasteiger partial charge in [-0.15, -0.1) is 0 Å².